The molecule has 0 aliphatic carbocycles. The van der Waals surface area contributed by atoms with Crippen molar-refractivity contribution in [2.75, 3.05) is 13.1 Å². The molecule has 0 aromatic heterocycles. The fraction of sp³-hybridized carbons (Fsp3) is 0.333. The van der Waals surface area contributed by atoms with Crippen molar-refractivity contribution >= 4 is 21.8 Å². The first-order valence-corrected chi connectivity index (χ1v) is 10.9. The number of amidine groups is 1. The molecule has 1 aliphatic rings. The minimum Gasteiger partial charge on any atom is -0.380 e. The molecule has 7 nitrogen and oxygen atoms in total. The minimum absolute atomic E-state index is 0.126. The molecule has 3 rings (SSSR count). The van der Waals surface area contributed by atoms with Crippen molar-refractivity contribution in [1.82, 2.24) is 4.31 Å². The Balaban J connectivity index is 1.58. The Kier molecular flexibility index (Phi) is 6.34. The zero-order chi connectivity index (χ0) is 21.0. The predicted molar refractivity (Wildman–Crippen MR) is 111 cm³/mol. The molecule has 0 spiro atoms. The average Bonchev–Trinajstić information content (AvgIpc) is 2.72. The molecule has 0 amide bonds. The molecule has 0 saturated carbocycles. The van der Waals surface area contributed by atoms with Crippen LogP contribution in [-0.4, -0.2) is 37.6 Å². The van der Waals surface area contributed by atoms with E-state index in [9.17, 15) is 13.2 Å². The standard InChI is InChI=1S/C21H25N3O4S/c1-15-6-8-19(9-7-15)29(26,27)24-12-10-17(11-13-24)21(25)28-23-20(22)18-5-3-4-16(2)14-18/h3-9,14,17H,10-13H2,1-2H3,(H2,22,23). The van der Waals surface area contributed by atoms with E-state index in [0.29, 0.717) is 18.4 Å². The second-order valence-corrected chi connectivity index (χ2v) is 9.19. The Labute approximate surface area is 171 Å². The summed E-state index contributed by atoms with van der Waals surface area (Å²) in [5, 5.41) is 3.75. The lowest BCUT2D eigenvalue weighted by molar-refractivity contribution is -0.149. The van der Waals surface area contributed by atoms with E-state index < -0.39 is 21.9 Å². The number of sulfonamides is 1. The molecule has 1 saturated heterocycles. The molecule has 2 N–H and O–H groups in total. The quantitative estimate of drug-likeness (QED) is 0.350. The number of carbonyl (C=O) groups is 1. The van der Waals surface area contributed by atoms with Crippen molar-refractivity contribution in [1.29, 1.82) is 0 Å². The van der Waals surface area contributed by atoms with E-state index in [4.69, 9.17) is 10.6 Å². The summed E-state index contributed by atoms with van der Waals surface area (Å²) in [6.45, 7) is 4.35. The van der Waals surface area contributed by atoms with Gasteiger partial charge in [-0.05, 0) is 44.9 Å². The Morgan fingerprint density at radius 1 is 1.07 bits per heavy atom. The van der Waals surface area contributed by atoms with Crippen LogP contribution in [0.2, 0.25) is 0 Å². The van der Waals surface area contributed by atoms with Gasteiger partial charge in [-0.15, -0.1) is 0 Å². The van der Waals surface area contributed by atoms with Crippen LogP contribution in [0.3, 0.4) is 0 Å². The highest BCUT2D eigenvalue weighted by molar-refractivity contribution is 7.89. The van der Waals surface area contributed by atoms with Crippen LogP contribution in [0.5, 0.6) is 0 Å². The summed E-state index contributed by atoms with van der Waals surface area (Å²) < 4.78 is 26.9. The Hall–Kier alpha value is -2.71. The van der Waals surface area contributed by atoms with Crippen molar-refractivity contribution in [2.45, 2.75) is 31.6 Å². The van der Waals surface area contributed by atoms with Crippen molar-refractivity contribution < 1.29 is 18.0 Å². The smallest absolute Gasteiger partial charge is 0.338 e. The number of carbonyl (C=O) groups excluding carboxylic acids is 1. The van der Waals surface area contributed by atoms with Gasteiger partial charge >= 0.3 is 5.97 Å². The average molecular weight is 416 g/mol. The predicted octanol–water partition coefficient (Wildman–Crippen LogP) is 2.57. The maximum Gasteiger partial charge on any atom is 0.338 e. The topological polar surface area (TPSA) is 102 Å². The monoisotopic (exact) mass is 415 g/mol. The number of benzene rings is 2. The maximum atomic E-state index is 12.7. The first-order valence-electron chi connectivity index (χ1n) is 9.45. The normalized spacial score (nSPS) is 16.6. The summed E-state index contributed by atoms with van der Waals surface area (Å²) in [6.07, 6.45) is 0.758. The fourth-order valence-electron chi connectivity index (χ4n) is 3.22. The number of hydrogen-bond acceptors (Lipinski definition) is 5. The van der Waals surface area contributed by atoms with Crippen molar-refractivity contribution in [3.8, 4) is 0 Å². The summed E-state index contributed by atoms with van der Waals surface area (Å²) in [7, 11) is -3.56. The lowest BCUT2D eigenvalue weighted by Gasteiger charge is -2.29. The zero-order valence-corrected chi connectivity index (χ0v) is 17.4. The van der Waals surface area contributed by atoms with Crippen LogP contribution >= 0.6 is 0 Å². The van der Waals surface area contributed by atoms with Crippen LogP contribution in [0.25, 0.3) is 0 Å². The molecule has 0 unspecified atom stereocenters. The van der Waals surface area contributed by atoms with Gasteiger partial charge in [0, 0.05) is 18.7 Å². The van der Waals surface area contributed by atoms with E-state index >= 15 is 0 Å². The molecule has 0 atom stereocenters. The third-order valence-electron chi connectivity index (χ3n) is 4.99. The molecule has 1 aliphatic heterocycles. The third-order valence-corrected chi connectivity index (χ3v) is 6.91. The number of nitrogens with zero attached hydrogens (tertiary/aromatic N) is 2. The zero-order valence-electron chi connectivity index (χ0n) is 16.5. The molecule has 0 bridgehead atoms. The molecular weight excluding hydrogens is 390 g/mol. The Bertz CT molecular complexity index is 1010. The summed E-state index contributed by atoms with van der Waals surface area (Å²) >= 11 is 0. The van der Waals surface area contributed by atoms with Crippen LogP contribution in [0.15, 0.2) is 58.6 Å². The van der Waals surface area contributed by atoms with E-state index in [1.165, 1.54) is 4.31 Å². The lowest BCUT2D eigenvalue weighted by atomic mass is 9.99. The summed E-state index contributed by atoms with van der Waals surface area (Å²) in [5.41, 5.74) is 8.58. The van der Waals surface area contributed by atoms with Crippen LogP contribution in [0.1, 0.15) is 29.5 Å². The van der Waals surface area contributed by atoms with Crippen molar-refractivity contribution in [2.24, 2.45) is 16.8 Å². The lowest BCUT2D eigenvalue weighted by Crippen LogP contribution is -2.40. The molecule has 2 aromatic carbocycles. The summed E-state index contributed by atoms with van der Waals surface area (Å²) in [6, 6.07) is 14.2. The highest BCUT2D eigenvalue weighted by atomic mass is 32.2. The highest BCUT2D eigenvalue weighted by Gasteiger charge is 2.33. The fourth-order valence-corrected chi connectivity index (χ4v) is 4.69. The third kappa shape index (κ3) is 5.02. The van der Waals surface area contributed by atoms with E-state index in [0.717, 1.165) is 11.1 Å². The molecule has 0 radical (unpaired) electrons. The minimum atomic E-state index is -3.56. The van der Waals surface area contributed by atoms with Crippen molar-refractivity contribution in [3.63, 3.8) is 0 Å². The van der Waals surface area contributed by atoms with Gasteiger partial charge in [-0.25, -0.2) is 13.2 Å². The molecule has 154 valence electrons. The van der Waals surface area contributed by atoms with Crippen LogP contribution in [0.4, 0.5) is 0 Å². The Morgan fingerprint density at radius 2 is 1.72 bits per heavy atom. The Morgan fingerprint density at radius 3 is 2.34 bits per heavy atom. The molecular formula is C21H25N3O4S. The molecule has 8 heteroatoms. The number of aryl methyl sites for hydroxylation is 2. The van der Waals surface area contributed by atoms with Gasteiger partial charge in [0.15, 0.2) is 5.84 Å². The number of rotatable bonds is 5. The second-order valence-electron chi connectivity index (χ2n) is 7.25. The number of piperidine rings is 1. The van der Waals surface area contributed by atoms with Gasteiger partial charge in [-0.1, -0.05) is 46.6 Å². The first kappa shape index (κ1) is 21.0. The molecule has 1 heterocycles. The summed E-state index contributed by atoms with van der Waals surface area (Å²) in [4.78, 5) is 17.6. The summed E-state index contributed by atoms with van der Waals surface area (Å²) in [5.74, 6) is -0.775. The van der Waals surface area contributed by atoms with Gasteiger partial charge in [-0.3, -0.25) is 0 Å². The van der Waals surface area contributed by atoms with Gasteiger partial charge in [0.2, 0.25) is 10.0 Å². The molecule has 2 aromatic rings. The SMILES string of the molecule is Cc1ccc(S(=O)(=O)N2CCC(C(=O)O/N=C(\N)c3cccc(C)c3)CC2)cc1. The number of nitrogens with two attached hydrogens (primary N) is 1. The highest BCUT2D eigenvalue weighted by Crippen LogP contribution is 2.25. The van der Waals surface area contributed by atoms with Crippen LogP contribution in [-0.2, 0) is 19.7 Å². The van der Waals surface area contributed by atoms with E-state index in [1.54, 1.807) is 30.3 Å². The van der Waals surface area contributed by atoms with E-state index in [1.807, 2.05) is 32.0 Å². The van der Waals surface area contributed by atoms with E-state index in [2.05, 4.69) is 5.16 Å². The van der Waals surface area contributed by atoms with Gasteiger partial charge < -0.3 is 10.6 Å². The van der Waals surface area contributed by atoms with Gasteiger partial charge in [0.25, 0.3) is 0 Å². The number of hydrogen-bond donors (Lipinski definition) is 1. The number of oxime groups is 1. The van der Waals surface area contributed by atoms with E-state index in [-0.39, 0.29) is 23.8 Å². The van der Waals surface area contributed by atoms with Gasteiger partial charge in [0.05, 0.1) is 10.8 Å². The first-order chi connectivity index (χ1) is 13.8. The second kappa shape index (κ2) is 8.75. The van der Waals surface area contributed by atoms with Crippen LogP contribution in [0, 0.1) is 19.8 Å². The molecule has 1 fully saturated rings. The van der Waals surface area contributed by atoms with Gasteiger partial charge in [-0.2, -0.15) is 4.31 Å². The van der Waals surface area contributed by atoms with Gasteiger partial charge in [0.1, 0.15) is 0 Å². The van der Waals surface area contributed by atoms with Crippen molar-refractivity contribution in [3.05, 3.63) is 65.2 Å². The maximum absolute atomic E-state index is 12.7. The largest absolute Gasteiger partial charge is 0.380 e. The molecule has 29 heavy (non-hydrogen) atoms. The van der Waals surface area contributed by atoms with Crippen LogP contribution < -0.4 is 5.73 Å².